The lowest BCUT2D eigenvalue weighted by molar-refractivity contribution is 0.261. The third kappa shape index (κ3) is 3.48. The largest absolute Gasteiger partial charge is 0.492 e. The normalized spacial score (nSPS) is 11.2. The third-order valence-electron chi connectivity index (χ3n) is 4.58. The lowest BCUT2D eigenvalue weighted by Gasteiger charge is -2.11. The fraction of sp³-hybridized carbons (Fsp3) is 0.182. The van der Waals surface area contributed by atoms with Gasteiger partial charge in [-0.2, -0.15) is 10.4 Å². The molecular formula is C22H20N4O. The summed E-state index contributed by atoms with van der Waals surface area (Å²) in [6.07, 6.45) is 0. The van der Waals surface area contributed by atoms with Crippen molar-refractivity contribution >= 4 is 21.7 Å². The van der Waals surface area contributed by atoms with Crippen LogP contribution >= 0.6 is 0 Å². The molecule has 0 radical (unpaired) electrons. The van der Waals surface area contributed by atoms with Crippen molar-refractivity contribution in [2.45, 2.75) is 0 Å². The molecule has 0 bridgehead atoms. The minimum absolute atomic E-state index is 0.630. The van der Waals surface area contributed by atoms with Gasteiger partial charge in [-0.15, -0.1) is 0 Å². The van der Waals surface area contributed by atoms with Crippen LogP contribution in [0.4, 0.5) is 0 Å². The molecule has 1 N–H and O–H groups in total. The van der Waals surface area contributed by atoms with Crippen LogP contribution in [0, 0.1) is 11.3 Å². The van der Waals surface area contributed by atoms with E-state index in [2.05, 4.69) is 51.5 Å². The molecule has 4 rings (SSSR count). The third-order valence-corrected chi connectivity index (χ3v) is 4.58. The van der Waals surface area contributed by atoms with E-state index in [0.717, 1.165) is 45.2 Å². The van der Waals surface area contributed by atoms with E-state index in [-0.39, 0.29) is 0 Å². The second-order valence-electron chi connectivity index (χ2n) is 6.82. The molecule has 0 atom stereocenters. The summed E-state index contributed by atoms with van der Waals surface area (Å²) in [5, 5.41) is 19.9. The number of H-pyrrole nitrogens is 1. The van der Waals surface area contributed by atoms with Crippen molar-refractivity contribution in [2.75, 3.05) is 27.2 Å². The summed E-state index contributed by atoms with van der Waals surface area (Å²) in [5.74, 6) is 0.876. The van der Waals surface area contributed by atoms with Crippen LogP contribution in [-0.2, 0) is 0 Å². The van der Waals surface area contributed by atoms with E-state index in [0.29, 0.717) is 12.2 Å². The summed E-state index contributed by atoms with van der Waals surface area (Å²) in [6.45, 7) is 1.55. The number of aromatic nitrogens is 2. The van der Waals surface area contributed by atoms with Crippen molar-refractivity contribution in [1.29, 1.82) is 5.26 Å². The molecule has 0 aliphatic carbocycles. The lowest BCUT2D eigenvalue weighted by atomic mass is 10.0. The first-order chi connectivity index (χ1) is 13.1. The predicted octanol–water partition coefficient (Wildman–Crippen LogP) is 4.20. The zero-order chi connectivity index (χ0) is 18.8. The maximum absolute atomic E-state index is 9.16. The molecule has 134 valence electrons. The first kappa shape index (κ1) is 17.1. The van der Waals surface area contributed by atoms with Gasteiger partial charge in [0, 0.05) is 17.5 Å². The highest BCUT2D eigenvalue weighted by Crippen LogP contribution is 2.30. The number of nitriles is 1. The van der Waals surface area contributed by atoms with Crippen molar-refractivity contribution in [3.63, 3.8) is 0 Å². The van der Waals surface area contributed by atoms with Crippen LogP contribution in [-0.4, -0.2) is 42.3 Å². The Kier molecular flexibility index (Phi) is 4.49. The summed E-state index contributed by atoms with van der Waals surface area (Å²) in [5.41, 5.74) is 3.43. The van der Waals surface area contributed by atoms with Gasteiger partial charge in [-0.05, 0) is 61.3 Å². The Balaban J connectivity index is 1.67. The van der Waals surface area contributed by atoms with Gasteiger partial charge in [-0.1, -0.05) is 18.2 Å². The zero-order valence-electron chi connectivity index (χ0n) is 15.4. The Bertz CT molecular complexity index is 1150. The molecule has 0 spiro atoms. The number of aromatic amines is 1. The van der Waals surface area contributed by atoms with E-state index >= 15 is 0 Å². The average Bonchev–Trinajstić information content (AvgIpc) is 3.10. The van der Waals surface area contributed by atoms with Gasteiger partial charge >= 0.3 is 0 Å². The van der Waals surface area contributed by atoms with Crippen LogP contribution in [0.3, 0.4) is 0 Å². The van der Waals surface area contributed by atoms with Crippen molar-refractivity contribution in [3.05, 3.63) is 60.2 Å². The van der Waals surface area contributed by atoms with Gasteiger partial charge in [0.1, 0.15) is 12.4 Å². The van der Waals surface area contributed by atoms with Crippen molar-refractivity contribution in [2.24, 2.45) is 0 Å². The Labute approximate surface area is 157 Å². The van der Waals surface area contributed by atoms with Crippen LogP contribution in [0.2, 0.25) is 0 Å². The van der Waals surface area contributed by atoms with Crippen molar-refractivity contribution in [3.8, 4) is 23.1 Å². The molecule has 4 aromatic rings. The number of hydrogen-bond acceptors (Lipinski definition) is 4. The van der Waals surface area contributed by atoms with E-state index in [9.17, 15) is 0 Å². The maximum atomic E-state index is 9.16. The number of fused-ring (bicyclic) bond motifs is 2. The van der Waals surface area contributed by atoms with E-state index in [1.807, 2.05) is 32.3 Å². The van der Waals surface area contributed by atoms with E-state index < -0.39 is 0 Å². The lowest BCUT2D eigenvalue weighted by Crippen LogP contribution is -2.19. The van der Waals surface area contributed by atoms with Gasteiger partial charge in [0.15, 0.2) is 0 Å². The molecule has 5 heteroatoms. The molecule has 0 saturated carbocycles. The monoisotopic (exact) mass is 356 g/mol. The van der Waals surface area contributed by atoms with E-state index in [4.69, 9.17) is 10.00 Å². The van der Waals surface area contributed by atoms with Crippen LogP contribution in [0.5, 0.6) is 5.75 Å². The number of likely N-dealkylation sites (N-methyl/N-ethyl adjacent to an activating group) is 1. The van der Waals surface area contributed by atoms with Crippen molar-refractivity contribution in [1.82, 2.24) is 15.1 Å². The molecule has 0 fully saturated rings. The quantitative estimate of drug-likeness (QED) is 0.582. The number of nitrogens with one attached hydrogen (secondary N) is 1. The standard InChI is InChI=1S/C22H20N4O/c1-26(2)9-10-27-19-7-6-16-12-18(5-4-17(16)13-19)22-20-11-15(14-23)3-8-21(20)24-25-22/h3-8,11-13H,9-10H2,1-2H3,(H,24,25). The molecule has 0 aliphatic rings. The first-order valence-electron chi connectivity index (χ1n) is 8.84. The minimum atomic E-state index is 0.630. The van der Waals surface area contributed by atoms with Gasteiger partial charge in [0.2, 0.25) is 0 Å². The Morgan fingerprint density at radius 2 is 1.85 bits per heavy atom. The number of ether oxygens (including phenoxy) is 1. The van der Waals surface area contributed by atoms with E-state index in [1.165, 1.54) is 0 Å². The summed E-state index contributed by atoms with van der Waals surface area (Å²) in [4.78, 5) is 2.10. The van der Waals surface area contributed by atoms with E-state index in [1.54, 1.807) is 6.07 Å². The number of benzene rings is 3. The number of hydrogen-bond donors (Lipinski definition) is 1. The summed E-state index contributed by atoms with van der Waals surface area (Å²) >= 11 is 0. The second kappa shape index (κ2) is 7.10. The van der Waals surface area contributed by atoms with Crippen LogP contribution in [0.25, 0.3) is 32.9 Å². The summed E-state index contributed by atoms with van der Waals surface area (Å²) < 4.78 is 5.82. The van der Waals surface area contributed by atoms with Crippen LogP contribution in [0.15, 0.2) is 54.6 Å². The fourth-order valence-electron chi connectivity index (χ4n) is 3.11. The molecule has 0 saturated heterocycles. The maximum Gasteiger partial charge on any atom is 0.120 e. The minimum Gasteiger partial charge on any atom is -0.492 e. The number of nitrogens with zero attached hydrogens (tertiary/aromatic N) is 3. The van der Waals surface area contributed by atoms with Gasteiger partial charge in [-0.25, -0.2) is 0 Å². The van der Waals surface area contributed by atoms with Crippen molar-refractivity contribution < 1.29 is 4.74 Å². The molecular weight excluding hydrogens is 336 g/mol. The van der Waals surface area contributed by atoms with Gasteiger partial charge < -0.3 is 9.64 Å². The fourth-order valence-corrected chi connectivity index (χ4v) is 3.11. The predicted molar refractivity (Wildman–Crippen MR) is 108 cm³/mol. The average molecular weight is 356 g/mol. The molecule has 0 unspecified atom stereocenters. The molecule has 27 heavy (non-hydrogen) atoms. The molecule has 0 aliphatic heterocycles. The highest BCUT2D eigenvalue weighted by molar-refractivity contribution is 5.96. The SMILES string of the molecule is CN(C)CCOc1ccc2cc(-c3n[nH]c4ccc(C#N)cc34)ccc2c1. The Hall–Kier alpha value is -3.36. The van der Waals surface area contributed by atoms with Crippen LogP contribution in [0.1, 0.15) is 5.56 Å². The zero-order valence-corrected chi connectivity index (χ0v) is 15.4. The molecule has 0 amide bonds. The summed E-state index contributed by atoms with van der Waals surface area (Å²) in [7, 11) is 4.06. The molecule has 1 aromatic heterocycles. The molecule has 5 nitrogen and oxygen atoms in total. The highest BCUT2D eigenvalue weighted by atomic mass is 16.5. The Morgan fingerprint density at radius 1 is 1.04 bits per heavy atom. The Morgan fingerprint density at radius 3 is 2.67 bits per heavy atom. The molecule has 3 aromatic carbocycles. The number of rotatable bonds is 5. The summed E-state index contributed by atoms with van der Waals surface area (Å²) in [6, 6.07) is 20.1. The first-order valence-corrected chi connectivity index (χ1v) is 8.84. The topological polar surface area (TPSA) is 64.9 Å². The smallest absolute Gasteiger partial charge is 0.120 e. The van der Waals surface area contributed by atoms with Gasteiger partial charge in [0.25, 0.3) is 0 Å². The second-order valence-corrected chi connectivity index (χ2v) is 6.82. The molecule has 1 heterocycles. The highest BCUT2D eigenvalue weighted by Gasteiger charge is 2.10. The van der Waals surface area contributed by atoms with Crippen LogP contribution < -0.4 is 4.74 Å². The van der Waals surface area contributed by atoms with Gasteiger partial charge in [0.05, 0.1) is 22.8 Å². The van der Waals surface area contributed by atoms with Gasteiger partial charge in [-0.3, -0.25) is 5.10 Å².